The quantitative estimate of drug-likeness (QED) is 0.688. The topological polar surface area (TPSA) is 21.3 Å². The largest absolute Gasteiger partial charge is 0.369 e. The molecule has 66 valence electrons. The number of ether oxygens (including phenoxy) is 1. The van der Waals surface area contributed by atoms with Gasteiger partial charge in [0.05, 0.1) is 11.7 Å². The number of halogens is 1. The van der Waals surface area contributed by atoms with Gasteiger partial charge in [-0.3, -0.25) is 0 Å². The van der Waals surface area contributed by atoms with Crippen LogP contribution in [0.25, 0.3) is 0 Å². The van der Waals surface area contributed by atoms with Crippen LogP contribution in [-0.4, -0.2) is 24.8 Å². The van der Waals surface area contributed by atoms with Gasteiger partial charge in [0.2, 0.25) is 0 Å². The van der Waals surface area contributed by atoms with Gasteiger partial charge in [-0.1, -0.05) is 0 Å². The van der Waals surface area contributed by atoms with Crippen molar-refractivity contribution >= 4 is 12.4 Å². The fourth-order valence-corrected chi connectivity index (χ4v) is 1.45. The van der Waals surface area contributed by atoms with Gasteiger partial charge in [0.1, 0.15) is 0 Å². The fraction of sp³-hybridized carbons (Fsp3) is 1.00. The third-order valence-corrected chi connectivity index (χ3v) is 2.50. The molecule has 0 radical (unpaired) electrons. The van der Waals surface area contributed by atoms with Crippen LogP contribution in [0.4, 0.5) is 0 Å². The van der Waals surface area contributed by atoms with E-state index in [0.29, 0.717) is 6.10 Å². The molecule has 0 spiro atoms. The molecular weight excluding hydrogens is 162 g/mol. The Morgan fingerprint density at radius 2 is 2.00 bits per heavy atom. The van der Waals surface area contributed by atoms with Gasteiger partial charge in [-0.15, -0.1) is 12.4 Å². The molecule has 0 unspecified atom stereocenters. The van der Waals surface area contributed by atoms with Crippen molar-refractivity contribution in [2.24, 2.45) is 0 Å². The van der Waals surface area contributed by atoms with Crippen molar-refractivity contribution < 1.29 is 4.74 Å². The first-order valence-corrected chi connectivity index (χ1v) is 4.17. The fourth-order valence-electron chi connectivity index (χ4n) is 1.45. The van der Waals surface area contributed by atoms with E-state index in [1.54, 1.807) is 0 Å². The van der Waals surface area contributed by atoms with Crippen molar-refractivity contribution in [3.63, 3.8) is 0 Å². The van der Waals surface area contributed by atoms with Gasteiger partial charge in [-0.05, 0) is 26.2 Å². The van der Waals surface area contributed by atoms with Crippen molar-refractivity contribution in [2.45, 2.75) is 37.9 Å². The smallest absolute Gasteiger partial charge is 0.0905 e. The summed E-state index contributed by atoms with van der Waals surface area (Å²) < 4.78 is 5.85. The summed E-state index contributed by atoms with van der Waals surface area (Å²) in [5, 5.41) is 3.23. The Kier molecular flexibility index (Phi) is 2.79. The number of rotatable bonds is 2. The summed E-state index contributed by atoms with van der Waals surface area (Å²) in [6, 6.07) is 0. The maximum atomic E-state index is 5.85. The summed E-state index contributed by atoms with van der Waals surface area (Å²) in [4.78, 5) is 0. The van der Waals surface area contributed by atoms with Crippen LogP contribution >= 0.6 is 12.4 Å². The first-order chi connectivity index (χ1) is 4.79. The molecule has 1 saturated heterocycles. The highest BCUT2D eigenvalue weighted by Gasteiger charge is 2.36. The van der Waals surface area contributed by atoms with Gasteiger partial charge in [0.25, 0.3) is 0 Å². The monoisotopic (exact) mass is 177 g/mol. The Morgan fingerprint density at radius 1 is 1.36 bits per heavy atom. The lowest BCUT2D eigenvalue weighted by atomic mass is 9.93. The van der Waals surface area contributed by atoms with Crippen LogP contribution < -0.4 is 5.32 Å². The minimum absolute atomic E-state index is 0. The maximum absolute atomic E-state index is 5.85. The first kappa shape index (κ1) is 9.30. The molecule has 1 heterocycles. The van der Waals surface area contributed by atoms with Gasteiger partial charge in [0, 0.05) is 13.1 Å². The molecule has 1 saturated carbocycles. The molecule has 0 atom stereocenters. The van der Waals surface area contributed by atoms with E-state index in [0.717, 1.165) is 13.1 Å². The lowest BCUT2D eigenvalue weighted by molar-refractivity contribution is -0.135. The minimum atomic E-state index is 0. The molecule has 3 heteroatoms. The molecule has 2 fully saturated rings. The first-order valence-electron chi connectivity index (χ1n) is 4.17. The highest BCUT2D eigenvalue weighted by atomic mass is 35.5. The third-order valence-electron chi connectivity index (χ3n) is 2.50. The van der Waals surface area contributed by atoms with Crippen molar-refractivity contribution in [3.8, 4) is 0 Å². The Balaban J connectivity index is 0.000000605. The Hall–Kier alpha value is 0.210. The van der Waals surface area contributed by atoms with E-state index in [1.807, 2.05) is 0 Å². The maximum Gasteiger partial charge on any atom is 0.0905 e. The normalized spacial score (nSPS) is 28.1. The average Bonchev–Trinajstić information content (AvgIpc) is 1.74. The van der Waals surface area contributed by atoms with Crippen LogP contribution in [0.3, 0.4) is 0 Å². The molecule has 11 heavy (non-hydrogen) atoms. The van der Waals surface area contributed by atoms with Gasteiger partial charge in [0.15, 0.2) is 0 Å². The van der Waals surface area contributed by atoms with E-state index in [-0.39, 0.29) is 18.0 Å². The van der Waals surface area contributed by atoms with Gasteiger partial charge in [-0.2, -0.15) is 0 Å². The van der Waals surface area contributed by atoms with E-state index < -0.39 is 0 Å². The van der Waals surface area contributed by atoms with Crippen molar-refractivity contribution in [3.05, 3.63) is 0 Å². The summed E-state index contributed by atoms with van der Waals surface area (Å²) in [6.45, 7) is 4.29. The van der Waals surface area contributed by atoms with Crippen molar-refractivity contribution in [1.82, 2.24) is 5.32 Å². The SMILES string of the molecule is CC1(OC2CCC2)CNC1.Cl. The Morgan fingerprint density at radius 3 is 2.27 bits per heavy atom. The zero-order valence-electron chi connectivity index (χ0n) is 6.93. The molecule has 1 aliphatic carbocycles. The minimum Gasteiger partial charge on any atom is -0.369 e. The second kappa shape index (κ2) is 3.30. The summed E-state index contributed by atoms with van der Waals surface area (Å²) in [5.74, 6) is 0. The molecular formula is C8H16ClNO. The van der Waals surface area contributed by atoms with Crippen LogP contribution in [0.2, 0.25) is 0 Å². The number of hydrogen-bond acceptors (Lipinski definition) is 2. The predicted molar refractivity (Wildman–Crippen MR) is 47.2 cm³/mol. The van der Waals surface area contributed by atoms with Gasteiger partial charge < -0.3 is 10.1 Å². The molecule has 0 aromatic carbocycles. The van der Waals surface area contributed by atoms with E-state index >= 15 is 0 Å². The van der Waals surface area contributed by atoms with Crippen LogP contribution in [0.15, 0.2) is 0 Å². The number of nitrogens with one attached hydrogen (secondary N) is 1. The van der Waals surface area contributed by atoms with E-state index in [1.165, 1.54) is 19.3 Å². The van der Waals surface area contributed by atoms with Crippen molar-refractivity contribution in [1.29, 1.82) is 0 Å². The molecule has 0 aromatic rings. The van der Waals surface area contributed by atoms with Crippen LogP contribution in [0.5, 0.6) is 0 Å². The zero-order valence-corrected chi connectivity index (χ0v) is 7.75. The summed E-state index contributed by atoms with van der Waals surface area (Å²) in [6.07, 6.45) is 4.53. The standard InChI is InChI=1S/C8H15NO.ClH/c1-8(5-9-6-8)10-7-3-2-4-7;/h7,9H,2-6H2,1H3;1H. The number of hydrogen-bond donors (Lipinski definition) is 1. The molecule has 2 rings (SSSR count). The van der Waals surface area contributed by atoms with E-state index in [9.17, 15) is 0 Å². The summed E-state index contributed by atoms with van der Waals surface area (Å²) in [7, 11) is 0. The molecule has 1 N–H and O–H groups in total. The Labute approximate surface area is 74.1 Å². The zero-order chi connectivity index (χ0) is 7.03. The molecule has 2 aliphatic rings. The third kappa shape index (κ3) is 1.86. The lowest BCUT2D eigenvalue weighted by Crippen LogP contribution is -2.60. The highest BCUT2D eigenvalue weighted by Crippen LogP contribution is 2.28. The van der Waals surface area contributed by atoms with E-state index in [4.69, 9.17) is 4.74 Å². The van der Waals surface area contributed by atoms with Crippen LogP contribution in [0.1, 0.15) is 26.2 Å². The summed E-state index contributed by atoms with van der Waals surface area (Å²) in [5.41, 5.74) is 0.186. The molecule has 0 bridgehead atoms. The van der Waals surface area contributed by atoms with Crippen LogP contribution in [-0.2, 0) is 4.74 Å². The Bertz CT molecular complexity index is 132. The van der Waals surface area contributed by atoms with Gasteiger partial charge in [-0.25, -0.2) is 0 Å². The molecule has 1 aliphatic heterocycles. The molecule has 2 nitrogen and oxygen atoms in total. The molecule has 0 aromatic heterocycles. The van der Waals surface area contributed by atoms with E-state index in [2.05, 4.69) is 12.2 Å². The highest BCUT2D eigenvalue weighted by molar-refractivity contribution is 5.85. The molecule has 0 amide bonds. The summed E-state index contributed by atoms with van der Waals surface area (Å²) >= 11 is 0. The lowest BCUT2D eigenvalue weighted by Gasteiger charge is -2.44. The predicted octanol–water partition coefficient (Wildman–Crippen LogP) is 1.34. The average molecular weight is 178 g/mol. The van der Waals surface area contributed by atoms with Crippen molar-refractivity contribution in [2.75, 3.05) is 13.1 Å². The van der Waals surface area contributed by atoms with Gasteiger partial charge >= 0.3 is 0 Å². The van der Waals surface area contributed by atoms with Crippen LogP contribution in [0, 0.1) is 0 Å². The second-order valence-electron chi connectivity index (χ2n) is 3.72. The second-order valence-corrected chi connectivity index (χ2v) is 3.72.